The van der Waals surface area contributed by atoms with Gasteiger partial charge in [0.05, 0.1) is 12.4 Å². The molecule has 0 N–H and O–H groups in total. The van der Waals surface area contributed by atoms with E-state index in [-0.39, 0.29) is 0 Å². The van der Waals surface area contributed by atoms with Gasteiger partial charge in [-0.2, -0.15) is 21.4 Å². The van der Waals surface area contributed by atoms with Gasteiger partial charge in [-0.25, -0.2) is 0 Å². The van der Waals surface area contributed by atoms with Crippen molar-refractivity contribution in [2.24, 2.45) is 0 Å². The van der Waals surface area contributed by atoms with Gasteiger partial charge in [0.2, 0.25) is 4.96 Å². The Labute approximate surface area is 136 Å². The number of thioether (sulfide) groups is 1. The molecule has 3 rings (SSSR count). The van der Waals surface area contributed by atoms with Gasteiger partial charge in [0.1, 0.15) is 6.61 Å². The monoisotopic (exact) mass is 336 g/mol. The van der Waals surface area contributed by atoms with Crippen LogP contribution in [0.3, 0.4) is 0 Å². The van der Waals surface area contributed by atoms with Crippen LogP contribution in [0.5, 0.6) is 11.5 Å². The molecule has 0 aliphatic heterocycles. The zero-order valence-corrected chi connectivity index (χ0v) is 14.0. The highest BCUT2D eigenvalue weighted by Gasteiger charge is 2.12. The van der Waals surface area contributed by atoms with Crippen molar-refractivity contribution < 1.29 is 9.47 Å². The number of nitrogens with zero attached hydrogens (tertiary/aromatic N) is 4. The Balaban J connectivity index is 1.74. The maximum atomic E-state index is 5.83. The number of para-hydroxylation sites is 2. The summed E-state index contributed by atoms with van der Waals surface area (Å²) in [6.07, 6.45) is 2.03. The lowest BCUT2D eigenvalue weighted by atomic mass is 10.3. The van der Waals surface area contributed by atoms with Gasteiger partial charge in [-0.15, -0.1) is 10.2 Å². The van der Waals surface area contributed by atoms with E-state index in [1.54, 1.807) is 16.3 Å². The molecule has 3 aromatic rings. The Morgan fingerprint density at radius 3 is 2.68 bits per heavy atom. The smallest absolute Gasteiger partial charge is 0.234 e. The minimum absolute atomic E-state index is 0.386. The van der Waals surface area contributed by atoms with E-state index in [1.807, 2.05) is 37.4 Å². The van der Waals surface area contributed by atoms with E-state index in [1.165, 1.54) is 11.3 Å². The van der Waals surface area contributed by atoms with Crippen LogP contribution in [-0.4, -0.2) is 32.7 Å². The van der Waals surface area contributed by atoms with Gasteiger partial charge in [-0.1, -0.05) is 23.5 Å². The van der Waals surface area contributed by atoms with E-state index in [2.05, 4.69) is 15.3 Å². The van der Waals surface area contributed by atoms with Crippen LogP contribution >= 0.6 is 23.1 Å². The van der Waals surface area contributed by atoms with E-state index >= 15 is 0 Å². The predicted octanol–water partition coefficient (Wildman–Crippen LogP) is 3.03. The SMILES string of the molecule is CCOc1ccccc1OCc1nn2c(CSC)nnc2s1. The summed E-state index contributed by atoms with van der Waals surface area (Å²) in [4.78, 5) is 0.792. The third-order valence-electron chi connectivity index (χ3n) is 2.87. The fraction of sp³-hybridized carbons (Fsp3) is 0.357. The molecule has 0 saturated heterocycles. The van der Waals surface area contributed by atoms with Gasteiger partial charge in [0.25, 0.3) is 0 Å². The molecule has 2 aromatic heterocycles. The average molecular weight is 336 g/mol. The van der Waals surface area contributed by atoms with Gasteiger partial charge in [0.15, 0.2) is 22.3 Å². The topological polar surface area (TPSA) is 61.5 Å². The standard InChI is InChI=1S/C14H16N4O2S2/c1-3-19-10-6-4-5-7-11(10)20-8-13-17-18-12(9-21-2)15-16-14(18)22-13/h4-7H,3,8-9H2,1-2H3. The highest BCUT2D eigenvalue weighted by molar-refractivity contribution is 7.97. The highest BCUT2D eigenvalue weighted by atomic mass is 32.2. The van der Waals surface area contributed by atoms with Crippen molar-refractivity contribution in [1.82, 2.24) is 19.8 Å². The molecule has 22 heavy (non-hydrogen) atoms. The van der Waals surface area contributed by atoms with Gasteiger partial charge < -0.3 is 9.47 Å². The van der Waals surface area contributed by atoms with Crippen LogP contribution in [0.2, 0.25) is 0 Å². The second kappa shape index (κ2) is 6.97. The first-order valence-electron chi connectivity index (χ1n) is 6.85. The molecule has 0 unspecified atom stereocenters. The summed E-state index contributed by atoms with van der Waals surface area (Å²) in [5, 5.41) is 13.6. The Morgan fingerprint density at radius 1 is 1.18 bits per heavy atom. The fourth-order valence-corrected chi connectivity index (χ4v) is 3.16. The quantitative estimate of drug-likeness (QED) is 0.661. The summed E-state index contributed by atoms with van der Waals surface area (Å²) < 4.78 is 13.2. The van der Waals surface area contributed by atoms with Crippen LogP contribution in [0.1, 0.15) is 17.8 Å². The lowest BCUT2D eigenvalue weighted by Crippen LogP contribution is -2.00. The minimum Gasteiger partial charge on any atom is -0.490 e. The predicted molar refractivity (Wildman–Crippen MR) is 87.8 cm³/mol. The van der Waals surface area contributed by atoms with Crippen LogP contribution in [0.25, 0.3) is 4.96 Å². The molecule has 8 heteroatoms. The third-order valence-corrected chi connectivity index (χ3v) is 4.29. The normalized spacial score (nSPS) is 11.0. The first-order chi connectivity index (χ1) is 10.8. The summed E-state index contributed by atoms with van der Waals surface area (Å²) >= 11 is 3.18. The first kappa shape index (κ1) is 15.1. The second-order valence-electron chi connectivity index (χ2n) is 4.41. The summed E-state index contributed by atoms with van der Waals surface area (Å²) in [7, 11) is 0. The lowest BCUT2D eigenvalue weighted by molar-refractivity contribution is 0.268. The number of benzene rings is 1. The van der Waals surface area contributed by atoms with Crippen LogP contribution in [0, 0.1) is 0 Å². The molecular weight excluding hydrogens is 320 g/mol. The van der Waals surface area contributed by atoms with Crippen molar-refractivity contribution in [2.45, 2.75) is 19.3 Å². The molecule has 0 fully saturated rings. The summed E-state index contributed by atoms with van der Waals surface area (Å²) in [5.74, 6) is 3.12. The van der Waals surface area contributed by atoms with Crippen LogP contribution in [-0.2, 0) is 12.4 Å². The number of rotatable bonds is 7. The van der Waals surface area contributed by atoms with Gasteiger partial charge >= 0.3 is 0 Å². The average Bonchev–Trinajstić information content (AvgIpc) is 3.09. The minimum atomic E-state index is 0.386. The van der Waals surface area contributed by atoms with E-state index in [0.29, 0.717) is 13.2 Å². The zero-order valence-electron chi connectivity index (χ0n) is 12.4. The van der Waals surface area contributed by atoms with Crippen molar-refractivity contribution >= 4 is 28.1 Å². The zero-order chi connectivity index (χ0) is 15.4. The molecule has 0 aliphatic rings. The van der Waals surface area contributed by atoms with Crippen molar-refractivity contribution in [1.29, 1.82) is 0 Å². The van der Waals surface area contributed by atoms with E-state index < -0.39 is 0 Å². The maximum absolute atomic E-state index is 5.83. The van der Waals surface area contributed by atoms with Crippen molar-refractivity contribution in [3.63, 3.8) is 0 Å². The van der Waals surface area contributed by atoms with Crippen molar-refractivity contribution in [3.05, 3.63) is 35.1 Å². The Kier molecular flexibility index (Phi) is 4.79. The summed E-state index contributed by atoms with van der Waals surface area (Å²) in [6, 6.07) is 7.64. The Hall–Kier alpha value is -1.80. The number of fused-ring (bicyclic) bond motifs is 1. The molecule has 0 radical (unpaired) electrons. The lowest BCUT2D eigenvalue weighted by Gasteiger charge is -2.10. The fourth-order valence-electron chi connectivity index (χ4n) is 1.96. The van der Waals surface area contributed by atoms with Crippen LogP contribution < -0.4 is 9.47 Å². The van der Waals surface area contributed by atoms with Crippen LogP contribution in [0.4, 0.5) is 0 Å². The van der Waals surface area contributed by atoms with Crippen molar-refractivity contribution in [2.75, 3.05) is 12.9 Å². The van der Waals surface area contributed by atoms with Crippen molar-refractivity contribution in [3.8, 4) is 11.5 Å². The second-order valence-corrected chi connectivity index (χ2v) is 6.31. The molecule has 0 amide bonds. The molecular formula is C14H16N4O2S2. The van der Waals surface area contributed by atoms with Crippen LogP contribution in [0.15, 0.2) is 24.3 Å². The molecule has 0 saturated carbocycles. The highest BCUT2D eigenvalue weighted by Crippen LogP contribution is 2.27. The molecule has 0 atom stereocenters. The summed E-state index contributed by atoms with van der Waals surface area (Å²) in [5.41, 5.74) is 0. The van der Waals surface area contributed by atoms with E-state index in [4.69, 9.17) is 9.47 Å². The van der Waals surface area contributed by atoms with E-state index in [0.717, 1.165) is 33.0 Å². The summed E-state index contributed by atoms with van der Waals surface area (Å²) in [6.45, 7) is 2.94. The molecule has 0 bridgehead atoms. The molecule has 0 spiro atoms. The first-order valence-corrected chi connectivity index (χ1v) is 9.06. The molecule has 6 nitrogen and oxygen atoms in total. The number of hydrogen-bond acceptors (Lipinski definition) is 7. The molecule has 0 aliphatic carbocycles. The third kappa shape index (κ3) is 3.17. The Bertz CT molecular complexity index is 756. The van der Waals surface area contributed by atoms with Gasteiger partial charge in [-0.3, -0.25) is 0 Å². The van der Waals surface area contributed by atoms with E-state index in [9.17, 15) is 0 Å². The van der Waals surface area contributed by atoms with Gasteiger partial charge in [0, 0.05) is 0 Å². The number of aromatic nitrogens is 4. The molecule has 116 valence electrons. The largest absolute Gasteiger partial charge is 0.490 e. The van der Waals surface area contributed by atoms with Gasteiger partial charge in [-0.05, 0) is 25.3 Å². The molecule has 1 aromatic carbocycles. The Morgan fingerprint density at radius 2 is 1.95 bits per heavy atom. The number of ether oxygens (including phenoxy) is 2. The maximum Gasteiger partial charge on any atom is 0.234 e. The molecule has 2 heterocycles. The number of hydrogen-bond donors (Lipinski definition) is 0.